The first-order chi connectivity index (χ1) is 8.08. The molecule has 1 aromatic carbocycles. The van der Waals surface area contributed by atoms with E-state index >= 15 is 0 Å². The third-order valence-electron chi connectivity index (χ3n) is 3.23. The molecule has 1 rings (SSSR count). The van der Waals surface area contributed by atoms with Crippen molar-refractivity contribution in [3.05, 3.63) is 23.8 Å². The fourth-order valence-corrected chi connectivity index (χ4v) is 1.91. The van der Waals surface area contributed by atoms with E-state index in [2.05, 4.69) is 25.8 Å². The molecule has 17 heavy (non-hydrogen) atoms. The highest BCUT2D eigenvalue weighted by Gasteiger charge is 2.10. The van der Waals surface area contributed by atoms with Gasteiger partial charge in [-0.1, -0.05) is 13.3 Å². The van der Waals surface area contributed by atoms with Crippen molar-refractivity contribution in [2.75, 3.05) is 19.9 Å². The number of anilines is 1. The molecule has 96 valence electrons. The molecule has 0 saturated carbocycles. The second kappa shape index (κ2) is 6.50. The van der Waals surface area contributed by atoms with Crippen LogP contribution in [0.3, 0.4) is 0 Å². The molecule has 2 N–H and O–H groups in total. The largest absolute Gasteiger partial charge is 0.497 e. The summed E-state index contributed by atoms with van der Waals surface area (Å²) < 4.78 is 5.23. The minimum atomic E-state index is 0.575. The van der Waals surface area contributed by atoms with Crippen LogP contribution >= 0.6 is 0 Å². The molecule has 0 aliphatic heterocycles. The van der Waals surface area contributed by atoms with Crippen molar-refractivity contribution in [1.29, 1.82) is 0 Å². The number of hydrogen-bond donors (Lipinski definition) is 1. The molecule has 0 spiro atoms. The molecule has 0 fully saturated rings. The minimum absolute atomic E-state index is 0.575. The maximum atomic E-state index is 5.98. The van der Waals surface area contributed by atoms with Gasteiger partial charge in [-0.05, 0) is 44.2 Å². The Morgan fingerprint density at radius 1 is 1.41 bits per heavy atom. The minimum Gasteiger partial charge on any atom is -0.497 e. The van der Waals surface area contributed by atoms with E-state index in [0.717, 1.165) is 23.5 Å². The average Bonchev–Trinajstić information content (AvgIpc) is 2.32. The molecule has 0 aromatic heterocycles. The monoisotopic (exact) mass is 236 g/mol. The molecule has 0 aliphatic carbocycles. The average molecular weight is 236 g/mol. The zero-order valence-corrected chi connectivity index (χ0v) is 11.4. The lowest BCUT2D eigenvalue weighted by Crippen LogP contribution is -2.28. The molecule has 0 bridgehead atoms. The second-order valence-corrected chi connectivity index (χ2v) is 4.62. The molecule has 0 aliphatic rings. The van der Waals surface area contributed by atoms with Crippen molar-refractivity contribution in [3.63, 3.8) is 0 Å². The first-order valence-electron chi connectivity index (χ1n) is 6.21. The van der Waals surface area contributed by atoms with Crippen LogP contribution in [0, 0.1) is 0 Å². The number of hydrogen-bond acceptors (Lipinski definition) is 3. The summed E-state index contributed by atoms with van der Waals surface area (Å²) in [5.74, 6) is 0.866. The summed E-state index contributed by atoms with van der Waals surface area (Å²) >= 11 is 0. The van der Waals surface area contributed by atoms with Crippen LogP contribution in [0.25, 0.3) is 0 Å². The van der Waals surface area contributed by atoms with E-state index in [1.54, 1.807) is 7.11 Å². The van der Waals surface area contributed by atoms with Gasteiger partial charge in [-0.25, -0.2) is 0 Å². The van der Waals surface area contributed by atoms with Crippen molar-refractivity contribution in [3.8, 4) is 5.75 Å². The van der Waals surface area contributed by atoms with E-state index in [1.807, 2.05) is 18.2 Å². The second-order valence-electron chi connectivity index (χ2n) is 4.62. The van der Waals surface area contributed by atoms with Crippen molar-refractivity contribution < 1.29 is 4.74 Å². The Morgan fingerprint density at radius 3 is 2.71 bits per heavy atom. The van der Waals surface area contributed by atoms with Crippen LogP contribution in [0.4, 0.5) is 5.69 Å². The van der Waals surface area contributed by atoms with Gasteiger partial charge in [0.15, 0.2) is 0 Å². The number of methoxy groups -OCH3 is 1. The van der Waals surface area contributed by atoms with Crippen LogP contribution in [0.5, 0.6) is 5.75 Å². The fraction of sp³-hybridized carbons (Fsp3) is 0.571. The normalized spacial score (nSPS) is 12.8. The molecule has 0 saturated heterocycles. The number of rotatable bonds is 6. The SMILES string of the molecule is CCCC(C)N(C)Cc1cc(OC)ccc1N. The molecule has 1 unspecified atom stereocenters. The van der Waals surface area contributed by atoms with E-state index in [0.29, 0.717) is 6.04 Å². The molecule has 1 aromatic rings. The molecule has 0 radical (unpaired) electrons. The highest BCUT2D eigenvalue weighted by molar-refractivity contribution is 5.50. The van der Waals surface area contributed by atoms with Crippen LogP contribution in [0.15, 0.2) is 18.2 Å². The lowest BCUT2D eigenvalue weighted by atomic mass is 10.1. The highest BCUT2D eigenvalue weighted by atomic mass is 16.5. The van der Waals surface area contributed by atoms with Crippen LogP contribution in [0.2, 0.25) is 0 Å². The topological polar surface area (TPSA) is 38.5 Å². The quantitative estimate of drug-likeness (QED) is 0.772. The Balaban J connectivity index is 2.73. The summed E-state index contributed by atoms with van der Waals surface area (Å²) in [5.41, 5.74) is 7.95. The first-order valence-corrected chi connectivity index (χ1v) is 6.21. The van der Waals surface area contributed by atoms with E-state index in [4.69, 9.17) is 10.5 Å². The Labute approximate surface area is 105 Å². The third kappa shape index (κ3) is 3.93. The fourth-order valence-electron chi connectivity index (χ4n) is 1.91. The van der Waals surface area contributed by atoms with Gasteiger partial charge in [0.25, 0.3) is 0 Å². The third-order valence-corrected chi connectivity index (χ3v) is 3.23. The zero-order chi connectivity index (χ0) is 12.8. The van der Waals surface area contributed by atoms with Crippen LogP contribution in [-0.4, -0.2) is 25.1 Å². The summed E-state index contributed by atoms with van der Waals surface area (Å²) in [7, 11) is 3.82. The Kier molecular flexibility index (Phi) is 5.29. The van der Waals surface area contributed by atoms with Gasteiger partial charge in [0.1, 0.15) is 5.75 Å². The molecular weight excluding hydrogens is 212 g/mol. The summed E-state index contributed by atoms with van der Waals surface area (Å²) in [5, 5.41) is 0. The van der Waals surface area contributed by atoms with Crippen molar-refractivity contribution in [1.82, 2.24) is 4.90 Å². The van der Waals surface area contributed by atoms with E-state index in [-0.39, 0.29) is 0 Å². The standard InChI is InChI=1S/C14H24N2O/c1-5-6-11(2)16(3)10-12-9-13(17-4)7-8-14(12)15/h7-9,11H,5-6,10,15H2,1-4H3. The predicted octanol–water partition coefficient (Wildman–Crippen LogP) is 2.90. The maximum absolute atomic E-state index is 5.98. The van der Waals surface area contributed by atoms with E-state index < -0.39 is 0 Å². The van der Waals surface area contributed by atoms with Crippen LogP contribution < -0.4 is 10.5 Å². The van der Waals surface area contributed by atoms with E-state index in [9.17, 15) is 0 Å². The molecule has 3 heteroatoms. The van der Waals surface area contributed by atoms with Gasteiger partial charge in [0.2, 0.25) is 0 Å². The summed E-state index contributed by atoms with van der Waals surface area (Å²) in [6.07, 6.45) is 2.42. The summed E-state index contributed by atoms with van der Waals surface area (Å²) in [6, 6.07) is 6.40. The smallest absolute Gasteiger partial charge is 0.119 e. The van der Waals surface area contributed by atoms with Gasteiger partial charge in [0, 0.05) is 18.3 Å². The summed E-state index contributed by atoms with van der Waals surface area (Å²) in [4.78, 5) is 2.33. The molecule has 0 amide bonds. The van der Waals surface area contributed by atoms with Crippen LogP contribution in [0.1, 0.15) is 32.3 Å². The van der Waals surface area contributed by atoms with Crippen molar-refractivity contribution in [2.45, 2.75) is 39.3 Å². The molecule has 1 atom stereocenters. The van der Waals surface area contributed by atoms with Crippen molar-refractivity contribution in [2.24, 2.45) is 0 Å². The molecule has 3 nitrogen and oxygen atoms in total. The number of nitrogens with two attached hydrogens (primary N) is 1. The highest BCUT2D eigenvalue weighted by Crippen LogP contribution is 2.21. The van der Waals surface area contributed by atoms with Gasteiger partial charge in [0.05, 0.1) is 7.11 Å². The van der Waals surface area contributed by atoms with E-state index in [1.165, 1.54) is 12.8 Å². The maximum Gasteiger partial charge on any atom is 0.119 e. The number of nitrogens with zero attached hydrogens (tertiary/aromatic N) is 1. The number of nitrogen functional groups attached to an aromatic ring is 1. The predicted molar refractivity (Wildman–Crippen MR) is 73.2 cm³/mol. The van der Waals surface area contributed by atoms with Crippen LogP contribution in [-0.2, 0) is 6.54 Å². The zero-order valence-electron chi connectivity index (χ0n) is 11.4. The Morgan fingerprint density at radius 2 is 2.12 bits per heavy atom. The van der Waals surface area contributed by atoms with Gasteiger partial charge in [-0.3, -0.25) is 4.90 Å². The Hall–Kier alpha value is -1.22. The number of ether oxygens (including phenoxy) is 1. The Bertz CT molecular complexity index is 352. The van der Waals surface area contributed by atoms with Gasteiger partial charge >= 0.3 is 0 Å². The lowest BCUT2D eigenvalue weighted by molar-refractivity contribution is 0.237. The van der Waals surface area contributed by atoms with Gasteiger partial charge in [-0.2, -0.15) is 0 Å². The molecular formula is C14H24N2O. The van der Waals surface area contributed by atoms with Gasteiger partial charge < -0.3 is 10.5 Å². The van der Waals surface area contributed by atoms with Crippen molar-refractivity contribution >= 4 is 5.69 Å². The lowest BCUT2D eigenvalue weighted by Gasteiger charge is -2.25. The molecule has 0 heterocycles. The summed E-state index contributed by atoms with van der Waals surface area (Å²) in [6.45, 7) is 5.33. The van der Waals surface area contributed by atoms with Gasteiger partial charge in [-0.15, -0.1) is 0 Å². The first kappa shape index (κ1) is 13.8. The number of benzene rings is 1.